The van der Waals surface area contributed by atoms with Crippen LogP contribution in [0.4, 0.5) is 0 Å². The zero-order valence-corrected chi connectivity index (χ0v) is 5.87. The zero-order valence-electron chi connectivity index (χ0n) is 5.87. The van der Waals surface area contributed by atoms with Crippen LogP contribution in [-0.2, 0) is 0 Å². The molecule has 1 aromatic rings. The van der Waals surface area contributed by atoms with E-state index in [0.29, 0.717) is 0 Å². The second-order valence-electron chi connectivity index (χ2n) is 1.81. The van der Waals surface area contributed by atoms with E-state index in [1.165, 1.54) is 19.4 Å². The van der Waals surface area contributed by atoms with Gasteiger partial charge in [0.05, 0.1) is 7.11 Å². The number of carboxylic acids is 1. The topological polar surface area (TPSA) is 59.4 Å². The molecule has 0 amide bonds. The van der Waals surface area contributed by atoms with Gasteiger partial charge in [0.25, 0.3) is 0 Å². The van der Waals surface area contributed by atoms with E-state index in [0.717, 1.165) is 0 Å². The number of pyridine rings is 1. The molecule has 0 saturated heterocycles. The number of aromatic nitrogens is 1. The maximum Gasteiger partial charge on any atom is 0.339 e. The van der Waals surface area contributed by atoms with E-state index in [1.54, 1.807) is 0 Å². The molecule has 0 unspecified atom stereocenters. The largest absolute Gasteiger partial charge is 0.493 e. The number of methoxy groups -OCH3 is 1. The first kappa shape index (κ1) is 7.53. The van der Waals surface area contributed by atoms with Gasteiger partial charge in [-0.25, -0.2) is 4.79 Å². The van der Waals surface area contributed by atoms with Gasteiger partial charge in [-0.05, 0) is 6.07 Å². The smallest absolute Gasteiger partial charge is 0.339 e. The van der Waals surface area contributed by atoms with Crippen molar-refractivity contribution in [2.75, 3.05) is 7.11 Å². The van der Waals surface area contributed by atoms with Crippen LogP contribution >= 0.6 is 0 Å². The number of nitrogens with zero attached hydrogens (tertiary/aromatic N) is 1. The SMILES string of the molecule is COc1[c]nccc1C(=O)O. The summed E-state index contributed by atoms with van der Waals surface area (Å²) < 4.78 is 4.71. The first-order chi connectivity index (χ1) is 5.25. The Kier molecular flexibility index (Phi) is 2.06. The third-order valence-corrected chi connectivity index (χ3v) is 1.16. The van der Waals surface area contributed by atoms with Crippen molar-refractivity contribution < 1.29 is 14.6 Å². The Morgan fingerprint density at radius 2 is 2.55 bits per heavy atom. The predicted molar refractivity (Wildman–Crippen MR) is 36.6 cm³/mol. The molecule has 4 nitrogen and oxygen atoms in total. The molecular weight excluding hydrogens is 146 g/mol. The molecule has 1 rings (SSSR count). The van der Waals surface area contributed by atoms with Crippen molar-refractivity contribution in [1.82, 2.24) is 4.98 Å². The molecule has 57 valence electrons. The molecule has 0 aliphatic heterocycles. The van der Waals surface area contributed by atoms with Crippen molar-refractivity contribution in [3.8, 4) is 5.75 Å². The maximum absolute atomic E-state index is 10.5. The number of carboxylic acid groups (broad SMARTS) is 1. The molecule has 1 radical (unpaired) electrons. The van der Waals surface area contributed by atoms with Gasteiger partial charge in [0, 0.05) is 6.20 Å². The van der Waals surface area contributed by atoms with Gasteiger partial charge in [-0.3, -0.25) is 4.98 Å². The van der Waals surface area contributed by atoms with Crippen LogP contribution in [0, 0.1) is 6.20 Å². The average molecular weight is 152 g/mol. The van der Waals surface area contributed by atoms with E-state index in [4.69, 9.17) is 9.84 Å². The molecule has 0 spiro atoms. The Bertz CT molecular complexity index is 272. The summed E-state index contributed by atoms with van der Waals surface area (Å²) >= 11 is 0. The lowest BCUT2D eigenvalue weighted by molar-refractivity contribution is 0.0693. The lowest BCUT2D eigenvalue weighted by atomic mass is 10.2. The molecule has 1 aromatic heterocycles. The number of ether oxygens (including phenoxy) is 1. The molecule has 0 fully saturated rings. The van der Waals surface area contributed by atoms with Crippen LogP contribution in [0.15, 0.2) is 12.3 Å². The molecule has 1 heterocycles. The summed E-state index contributed by atoms with van der Waals surface area (Å²) in [7, 11) is 1.37. The highest BCUT2D eigenvalue weighted by Crippen LogP contribution is 2.13. The minimum Gasteiger partial charge on any atom is -0.493 e. The summed E-state index contributed by atoms with van der Waals surface area (Å²) in [6, 6.07) is 1.36. The molecule has 1 N–H and O–H groups in total. The van der Waals surface area contributed by atoms with Crippen LogP contribution in [0.1, 0.15) is 10.4 Å². The Labute approximate surface area is 63.5 Å². The highest BCUT2D eigenvalue weighted by Gasteiger charge is 2.09. The number of rotatable bonds is 2. The Morgan fingerprint density at radius 3 is 3.00 bits per heavy atom. The summed E-state index contributed by atoms with van der Waals surface area (Å²) in [5.41, 5.74) is 0.0718. The molecule has 0 aliphatic carbocycles. The number of carbonyl (C=O) groups is 1. The van der Waals surface area contributed by atoms with E-state index in [1.807, 2.05) is 0 Å². The molecule has 11 heavy (non-hydrogen) atoms. The fourth-order valence-corrected chi connectivity index (χ4v) is 0.668. The first-order valence-corrected chi connectivity index (χ1v) is 2.89. The predicted octanol–water partition coefficient (Wildman–Crippen LogP) is 0.589. The third kappa shape index (κ3) is 1.46. The van der Waals surface area contributed by atoms with E-state index >= 15 is 0 Å². The summed E-state index contributed by atoms with van der Waals surface area (Å²) in [4.78, 5) is 14.0. The van der Waals surface area contributed by atoms with Gasteiger partial charge in [0.2, 0.25) is 0 Å². The van der Waals surface area contributed by atoms with Gasteiger partial charge in [-0.1, -0.05) is 0 Å². The Balaban J connectivity index is 3.12. The van der Waals surface area contributed by atoms with E-state index in [2.05, 4.69) is 11.2 Å². The van der Waals surface area contributed by atoms with Crippen LogP contribution in [0.5, 0.6) is 5.75 Å². The number of aromatic carboxylic acids is 1. The Hall–Kier alpha value is -1.58. The van der Waals surface area contributed by atoms with Gasteiger partial charge in [0.15, 0.2) is 5.75 Å². The second kappa shape index (κ2) is 3.01. The van der Waals surface area contributed by atoms with Crippen molar-refractivity contribution in [2.24, 2.45) is 0 Å². The first-order valence-electron chi connectivity index (χ1n) is 2.89. The molecule has 0 bridgehead atoms. The van der Waals surface area contributed by atoms with Gasteiger partial charge in [-0.2, -0.15) is 0 Å². The van der Waals surface area contributed by atoms with E-state index in [-0.39, 0.29) is 11.3 Å². The minimum atomic E-state index is -1.04. The van der Waals surface area contributed by atoms with Crippen LogP contribution < -0.4 is 4.74 Å². The summed E-state index contributed by atoms with van der Waals surface area (Å²) in [5, 5.41) is 8.57. The number of hydrogen-bond donors (Lipinski definition) is 1. The lowest BCUT2D eigenvalue weighted by Gasteiger charge is -2.00. The normalized spacial score (nSPS) is 9.18. The molecule has 0 aliphatic rings. The quantitative estimate of drug-likeness (QED) is 0.673. The molecule has 0 atom stereocenters. The second-order valence-corrected chi connectivity index (χ2v) is 1.81. The van der Waals surface area contributed by atoms with Crippen molar-refractivity contribution in [3.05, 3.63) is 24.0 Å². The summed E-state index contributed by atoms with van der Waals surface area (Å²) in [5.74, 6) is -0.888. The van der Waals surface area contributed by atoms with Crippen LogP contribution in [0.25, 0.3) is 0 Å². The van der Waals surface area contributed by atoms with E-state index in [9.17, 15) is 4.79 Å². The van der Waals surface area contributed by atoms with Crippen LogP contribution in [-0.4, -0.2) is 23.2 Å². The molecular formula is C7H6NO3. The third-order valence-electron chi connectivity index (χ3n) is 1.16. The van der Waals surface area contributed by atoms with E-state index < -0.39 is 5.97 Å². The Morgan fingerprint density at radius 1 is 1.82 bits per heavy atom. The standard InChI is InChI=1S/C7H6NO3/c1-11-6-4-8-3-2-5(6)7(9)10/h2-3H,1H3,(H,9,10). The van der Waals surface area contributed by atoms with Crippen molar-refractivity contribution >= 4 is 5.97 Å². The van der Waals surface area contributed by atoms with Crippen molar-refractivity contribution in [3.63, 3.8) is 0 Å². The zero-order chi connectivity index (χ0) is 8.27. The average Bonchev–Trinajstić information content (AvgIpc) is 2.04. The monoisotopic (exact) mass is 152 g/mol. The van der Waals surface area contributed by atoms with Gasteiger partial charge >= 0.3 is 5.97 Å². The maximum atomic E-state index is 10.5. The summed E-state index contributed by atoms with van der Waals surface area (Å²) in [6.45, 7) is 0. The van der Waals surface area contributed by atoms with Gasteiger partial charge in [-0.15, -0.1) is 0 Å². The van der Waals surface area contributed by atoms with Crippen LogP contribution in [0.3, 0.4) is 0 Å². The highest BCUT2D eigenvalue weighted by atomic mass is 16.5. The van der Waals surface area contributed by atoms with Gasteiger partial charge in [0.1, 0.15) is 11.8 Å². The summed E-state index contributed by atoms with van der Waals surface area (Å²) in [6.07, 6.45) is 3.77. The molecule has 0 saturated carbocycles. The van der Waals surface area contributed by atoms with Crippen molar-refractivity contribution in [2.45, 2.75) is 0 Å². The molecule has 0 aromatic carbocycles. The fourth-order valence-electron chi connectivity index (χ4n) is 0.668. The molecule has 4 heteroatoms. The fraction of sp³-hybridized carbons (Fsp3) is 0.143. The lowest BCUT2D eigenvalue weighted by Crippen LogP contribution is -2.00. The highest BCUT2D eigenvalue weighted by molar-refractivity contribution is 5.90. The van der Waals surface area contributed by atoms with Crippen LogP contribution in [0.2, 0.25) is 0 Å². The number of hydrogen-bond acceptors (Lipinski definition) is 3. The van der Waals surface area contributed by atoms with Gasteiger partial charge < -0.3 is 9.84 Å². The minimum absolute atomic E-state index is 0.0718. The van der Waals surface area contributed by atoms with Crippen molar-refractivity contribution in [1.29, 1.82) is 0 Å².